The first-order chi connectivity index (χ1) is 13.1. The van der Waals surface area contributed by atoms with Crippen LogP contribution in [-0.4, -0.2) is 29.2 Å². The fourth-order valence-corrected chi connectivity index (χ4v) is 2.77. The Morgan fingerprint density at radius 1 is 1.00 bits per heavy atom. The number of amides is 1. The molecule has 0 saturated heterocycles. The lowest BCUT2D eigenvalue weighted by atomic mass is 10.1. The second kappa shape index (κ2) is 8.97. The molecule has 0 heterocycles. The predicted molar refractivity (Wildman–Crippen MR) is 109 cm³/mol. The molecule has 2 N–H and O–H groups in total. The number of carbonyl (C=O) groups excluding carboxylic acids is 1. The molecule has 0 aromatic heterocycles. The van der Waals surface area contributed by atoms with Crippen molar-refractivity contribution in [2.24, 2.45) is 0 Å². The zero-order valence-corrected chi connectivity index (χ0v) is 17.3. The van der Waals surface area contributed by atoms with E-state index in [1.165, 1.54) is 6.07 Å². The van der Waals surface area contributed by atoms with Crippen LogP contribution in [0.1, 0.15) is 54.0 Å². The molecule has 0 aliphatic carbocycles. The number of carboxylic acid groups (broad SMARTS) is 1. The summed E-state index contributed by atoms with van der Waals surface area (Å²) in [7, 11) is 0. The van der Waals surface area contributed by atoms with Gasteiger partial charge in [-0.15, -0.1) is 0 Å². The van der Waals surface area contributed by atoms with Crippen LogP contribution in [0.25, 0.3) is 0 Å². The quantitative estimate of drug-likeness (QED) is 0.663. The fourth-order valence-electron chi connectivity index (χ4n) is 2.57. The van der Waals surface area contributed by atoms with E-state index < -0.39 is 5.97 Å². The molecular weight excluding hydrogens is 382 g/mol. The topological polar surface area (TPSA) is 84.9 Å². The van der Waals surface area contributed by atoms with Gasteiger partial charge in [0.25, 0.3) is 5.91 Å². The molecular formula is C21H24ClNO5. The molecule has 0 aliphatic rings. The number of anilines is 1. The van der Waals surface area contributed by atoms with E-state index in [0.29, 0.717) is 33.3 Å². The largest absolute Gasteiger partial charge is 0.489 e. The standard InChI is InChI=1S/C21H24ClNO5/c1-11(2)27-17-9-14(10-18(19(17)22)28-12(3)4)20(24)23-15-6-7-16(21(25)26)13(5)8-15/h6-12H,1-5H3,(H,23,24)(H,25,26). The van der Waals surface area contributed by atoms with Crippen molar-refractivity contribution in [3.63, 3.8) is 0 Å². The van der Waals surface area contributed by atoms with E-state index in [0.717, 1.165) is 0 Å². The van der Waals surface area contributed by atoms with Crippen molar-refractivity contribution in [1.82, 2.24) is 0 Å². The van der Waals surface area contributed by atoms with Crippen LogP contribution in [0.15, 0.2) is 30.3 Å². The summed E-state index contributed by atoms with van der Waals surface area (Å²) in [5.74, 6) is -0.685. The molecule has 0 radical (unpaired) electrons. The van der Waals surface area contributed by atoms with Gasteiger partial charge in [0.1, 0.15) is 16.5 Å². The van der Waals surface area contributed by atoms with Gasteiger partial charge in [0, 0.05) is 11.3 Å². The highest BCUT2D eigenvalue weighted by Crippen LogP contribution is 2.37. The molecule has 6 nitrogen and oxygen atoms in total. The van der Waals surface area contributed by atoms with E-state index in [9.17, 15) is 9.59 Å². The summed E-state index contributed by atoms with van der Waals surface area (Å²) < 4.78 is 11.4. The first-order valence-electron chi connectivity index (χ1n) is 8.90. The van der Waals surface area contributed by atoms with Gasteiger partial charge in [-0.2, -0.15) is 0 Å². The summed E-state index contributed by atoms with van der Waals surface area (Å²) in [4.78, 5) is 23.9. The lowest BCUT2D eigenvalue weighted by Gasteiger charge is -2.18. The summed E-state index contributed by atoms with van der Waals surface area (Å²) in [5, 5.41) is 12.2. The maximum atomic E-state index is 12.7. The highest BCUT2D eigenvalue weighted by atomic mass is 35.5. The molecule has 1 amide bonds. The SMILES string of the molecule is Cc1cc(NC(=O)c2cc(OC(C)C)c(Cl)c(OC(C)C)c2)ccc1C(=O)O. The van der Waals surface area contributed by atoms with Crippen molar-refractivity contribution in [2.75, 3.05) is 5.32 Å². The van der Waals surface area contributed by atoms with Gasteiger partial charge >= 0.3 is 5.97 Å². The molecule has 2 rings (SSSR count). The first kappa shape index (κ1) is 21.6. The molecule has 0 atom stereocenters. The number of carboxylic acids is 1. The Labute approximate surface area is 169 Å². The predicted octanol–water partition coefficient (Wildman–Crippen LogP) is 5.17. The molecule has 0 aliphatic heterocycles. The average molecular weight is 406 g/mol. The van der Waals surface area contributed by atoms with Crippen LogP contribution in [0.2, 0.25) is 5.02 Å². The number of ether oxygens (including phenoxy) is 2. The second-order valence-electron chi connectivity index (χ2n) is 6.91. The van der Waals surface area contributed by atoms with Gasteiger partial charge in [-0.05, 0) is 70.5 Å². The van der Waals surface area contributed by atoms with Crippen LogP contribution in [0.3, 0.4) is 0 Å². The Balaban J connectivity index is 2.35. The third kappa shape index (κ3) is 5.39. The number of halogens is 1. The summed E-state index contributed by atoms with van der Waals surface area (Å²) in [6, 6.07) is 7.72. The Morgan fingerprint density at radius 2 is 1.54 bits per heavy atom. The Kier molecular flexibility index (Phi) is 6.91. The van der Waals surface area contributed by atoms with Crippen molar-refractivity contribution in [2.45, 2.75) is 46.8 Å². The molecule has 0 fully saturated rings. The summed E-state index contributed by atoms with van der Waals surface area (Å²) in [6.07, 6.45) is -0.261. The third-order valence-corrected chi connectivity index (χ3v) is 4.08. The maximum Gasteiger partial charge on any atom is 0.335 e. The van der Waals surface area contributed by atoms with E-state index in [2.05, 4.69) is 5.32 Å². The Hall–Kier alpha value is -2.73. The van der Waals surface area contributed by atoms with E-state index in [1.54, 1.807) is 31.2 Å². The van der Waals surface area contributed by atoms with Gasteiger partial charge in [0.05, 0.1) is 17.8 Å². The molecule has 2 aromatic carbocycles. The zero-order chi connectivity index (χ0) is 21.0. The van der Waals surface area contributed by atoms with Gasteiger partial charge in [-0.3, -0.25) is 4.79 Å². The smallest absolute Gasteiger partial charge is 0.335 e. The highest BCUT2D eigenvalue weighted by molar-refractivity contribution is 6.33. The molecule has 0 bridgehead atoms. The molecule has 150 valence electrons. The van der Waals surface area contributed by atoms with E-state index >= 15 is 0 Å². The van der Waals surface area contributed by atoms with E-state index in [4.69, 9.17) is 26.2 Å². The molecule has 0 spiro atoms. The number of benzene rings is 2. The number of hydrogen-bond acceptors (Lipinski definition) is 4. The van der Waals surface area contributed by atoms with Crippen LogP contribution in [-0.2, 0) is 0 Å². The fraction of sp³-hybridized carbons (Fsp3) is 0.333. The lowest BCUT2D eigenvalue weighted by molar-refractivity contribution is 0.0696. The molecule has 2 aromatic rings. The number of hydrogen-bond donors (Lipinski definition) is 2. The van der Waals surface area contributed by atoms with Crippen LogP contribution in [0.4, 0.5) is 5.69 Å². The van der Waals surface area contributed by atoms with Crippen molar-refractivity contribution in [3.05, 3.63) is 52.0 Å². The Bertz CT molecular complexity index is 861. The second-order valence-corrected chi connectivity index (χ2v) is 7.29. The minimum Gasteiger partial charge on any atom is -0.489 e. The van der Waals surface area contributed by atoms with Crippen molar-refractivity contribution in [3.8, 4) is 11.5 Å². The molecule has 7 heteroatoms. The summed E-state index contributed by atoms with van der Waals surface area (Å²) >= 11 is 6.36. The van der Waals surface area contributed by atoms with Crippen LogP contribution in [0.5, 0.6) is 11.5 Å². The number of carbonyl (C=O) groups is 2. The molecule has 0 unspecified atom stereocenters. The summed E-state index contributed by atoms with van der Waals surface area (Å²) in [6.45, 7) is 9.11. The average Bonchev–Trinajstić information content (AvgIpc) is 2.57. The van der Waals surface area contributed by atoms with Crippen molar-refractivity contribution in [1.29, 1.82) is 0 Å². The van der Waals surface area contributed by atoms with Crippen molar-refractivity contribution >= 4 is 29.2 Å². The number of aryl methyl sites for hydroxylation is 1. The monoisotopic (exact) mass is 405 g/mol. The normalized spacial score (nSPS) is 10.9. The number of nitrogens with one attached hydrogen (secondary N) is 1. The Morgan fingerprint density at radius 3 is 1.96 bits per heavy atom. The number of aromatic carboxylic acids is 1. The summed E-state index contributed by atoms with van der Waals surface area (Å²) in [5.41, 5.74) is 1.54. The highest BCUT2D eigenvalue weighted by Gasteiger charge is 2.18. The van der Waals surface area contributed by atoms with E-state index in [-0.39, 0.29) is 23.7 Å². The maximum absolute atomic E-state index is 12.7. The lowest BCUT2D eigenvalue weighted by Crippen LogP contribution is -2.15. The van der Waals surface area contributed by atoms with Crippen LogP contribution < -0.4 is 14.8 Å². The third-order valence-electron chi connectivity index (χ3n) is 3.71. The van der Waals surface area contributed by atoms with Crippen LogP contribution >= 0.6 is 11.6 Å². The van der Waals surface area contributed by atoms with Gasteiger partial charge in [0.15, 0.2) is 0 Å². The van der Waals surface area contributed by atoms with Crippen LogP contribution in [0, 0.1) is 6.92 Å². The molecule has 0 saturated carbocycles. The van der Waals surface area contributed by atoms with Gasteiger partial charge in [-0.1, -0.05) is 11.6 Å². The van der Waals surface area contributed by atoms with E-state index in [1.807, 2.05) is 27.7 Å². The zero-order valence-electron chi connectivity index (χ0n) is 16.5. The minimum atomic E-state index is -1.01. The van der Waals surface area contributed by atoms with Gasteiger partial charge < -0.3 is 19.9 Å². The minimum absolute atomic E-state index is 0.131. The number of rotatable bonds is 7. The van der Waals surface area contributed by atoms with Crippen molar-refractivity contribution < 1.29 is 24.2 Å². The molecule has 28 heavy (non-hydrogen) atoms. The van der Waals surface area contributed by atoms with Gasteiger partial charge in [-0.25, -0.2) is 4.79 Å². The first-order valence-corrected chi connectivity index (χ1v) is 9.28. The van der Waals surface area contributed by atoms with Gasteiger partial charge in [0.2, 0.25) is 0 Å².